The van der Waals surface area contributed by atoms with E-state index in [2.05, 4.69) is 20.2 Å². The standard InChI is InChI=1S/C23H27N5O2/c24-18-6-3-4-10-28(14-18)15-19-8-9-20(23(30)27-19)22(29)26-13-16-11-17-5-1-2-7-21(17)25-12-16/h1-2,5,7-9,11-12,18H,3-4,6,10,13-15,24H2,(H,26,29)(H,27,30)/t18-/m1/s1. The molecule has 0 spiro atoms. The van der Waals surface area contributed by atoms with E-state index in [1.807, 2.05) is 36.4 Å². The first kappa shape index (κ1) is 20.3. The van der Waals surface area contributed by atoms with Gasteiger partial charge in [0, 0.05) is 43.0 Å². The van der Waals surface area contributed by atoms with Crippen LogP contribution in [0.3, 0.4) is 0 Å². The number of para-hydroxylation sites is 1. The summed E-state index contributed by atoms with van der Waals surface area (Å²) in [4.78, 5) is 34.5. The maximum Gasteiger partial charge on any atom is 0.261 e. The largest absolute Gasteiger partial charge is 0.348 e. The number of aromatic amines is 1. The van der Waals surface area contributed by atoms with Crippen molar-refractivity contribution in [2.24, 2.45) is 5.73 Å². The van der Waals surface area contributed by atoms with E-state index in [9.17, 15) is 9.59 Å². The second kappa shape index (κ2) is 9.19. The average molecular weight is 406 g/mol. The molecule has 1 aliphatic heterocycles. The van der Waals surface area contributed by atoms with Gasteiger partial charge in [-0.3, -0.25) is 19.5 Å². The zero-order valence-corrected chi connectivity index (χ0v) is 16.9. The number of amides is 1. The Hall–Kier alpha value is -3.03. The van der Waals surface area contributed by atoms with Crippen molar-refractivity contribution < 1.29 is 4.79 Å². The first-order chi connectivity index (χ1) is 14.6. The van der Waals surface area contributed by atoms with Crippen LogP contribution in [-0.4, -0.2) is 39.9 Å². The monoisotopic (exact) mass is 405 g/mol. The number of carbonyl (C=O) groups excluding carboxylic acids is 1. The highest BCUT2D eigenvalue weighted by molar-refractivity contribution is 5.93. The number of nitrogens with one attached hydrogen (secondary N) is 2. The molecule has 30 heavy (non-hydrogen) atoms. The zero-order chi connectivity index (χ0) is 20.9. The molecule has 1 aromatic carbocycles. The number of hydrogen-bond donors (Lipinski definition) is 3. The average Bonchev–Trinajstić information content (AvgIpc) is 2.95. The molecule has 4 rings (SSSR count). The number of likely N-dealkylation sites (tertiary alicyclic amines) is 1. The molecule has 7 heteroatoms. The fraction of sp³-hybridized carbons (Fsp3) is 0.348. The minimum Gasteiger partial charge on any atom is -0.348 e. The Kier molecular flexibility index (Phi) is 6.21. The molecule has 1 atom stereocenters. The lowest BCUT2D eigenvalue weighted by atomic mass is 10.1. The molecule has 0 radical (unpaired) electrons. The van der Waals surface area contributed by atoms with E-state index in [-0.39, 0.29) is 17.2 Å². The molecule has 1 saturated heterocycles. The van der Waals surface area contributed by atoms with Crippen LogP contribution < -0.4 is 16.6 Å². The molecule has 4 N–H and O–H groups in total. The molecule has 0 saturated carbocycles. The van der Waals surface area contributed by atoms with E-state index in [4.69, 9.17) is 5.73 Å². The van der Waals surface area contributed by atoms with Crippen LogP contribution in [0.25, 0.3) is 10.9 Å². The van der Waals surface area contributed by atoms with Crippen molar-refractivity contribution in [1.82, 2.24) is 20.2 Å². The molecule has 0 aliphatic carbocycles. The van der Waals surface area contributed by atoms with Crippen LogP contribution in [0.5, 0.6) is 0 Å². The summed E-state index contributed by atoms with van der Waals surface area (Å²) in [6, 6.07) is 13.4. The predicted molar refractivity (Wildman–Crippen MR) is 117 cm³/mol. The van der Waals surface area contributed by atoms with E-state index >= 15 is 0 Å². The van der Waals surface area contributed by atoms with Gasteiger partial charge in [0.1, 0.15) is 5.56 Å². The molecule has 0 bridgehead atoms. The lowest BCUT2D eigenvalue weighted by molar-refractivity contribution is 0.0949. The highest BCUT2D eigenvalue weighted by Gasteiger charge is 2.16. The van der Waals surface area contributed by atoms with Crippen molar-refractivity contribution >= 4 is 16.8 Å². The Morgan fingerprint density at radius 2 is 2.10 bits per heavy atom. The molecule has 3 heterocycles. The number of aromatic nitrogens is 2. The number of benzene rings is 1. The summed E-state index contributed by atoms with van der Waals surface area (Å²) >= 11 is 0. The van der Waals surface area contributed by atoms with Crippen molar-refractivity contribution in [3.63, 3.8) is 0 Å². The normalized spacial score (nSPS) is 17.6. The Morgan fingerprint density at radius 1 is 1.23 bits per heavy atom. The van der Waals surface area contributed by atoms with Gasteiger partial charge in [0.25, 0.3) is 11.5 Å². The van der Waals surface area contributed by atoms with Crippen LogP contribution in [0.2, 0.25) is 0 Å². The minimum atomic E-state index is -0.396. The molecule has 7 nitrogen and oxygen atoms in total. The van der Waals surface area contributed by atoms with Crippen LogP contribution >= 0.6 is 0 Å². The lowest BCUT2D eigenvalue weighted by Crippen LogP contribution is -2.36. The molecular formula is C23H27N5O2. The zero-order valence-electron chi connectivity index (χ0n) is 16.9. The van der Waals surface area contributed by atoms with E-state index in [1.165, 1.54) is 0 Å². The number of carbonyl (C=O) groups is 1. The minimum absolute atomic E-state index is 0.111. The van der Waals surface area contributed by atoms with Crippen molar-refractivity contribution in [3.05, 3.63) is 75.8 Å². The summed E-state index contributed by atoms with van der Waals surface area (Å²) in [6.45, 7) is 2.74. The van der Waals surface area contributed by atoms with Gasteiger partial charge in [-0.05, 0) is 49.2 Å². The van der Waals surface area contributed by atoms with Crippen LogP contribution in [-0.2, 0) is 13.1 Å². The molecule has 2 aromatic heterocycles. The van der Waals surface area contributed by atoms with Crippen LogP contribution in [0.15, 0.2) is 53.5 Å². The molecule has 1 fully saturated rings. The van der Waals surface area contributed by atoms with Crippen molar-refractivity contribution in [1.29, 1.82) is 0 Å². The van der Waals surface area contributed by atoms with Crippen molar-refractivity contribution in [3.8, 4) is 0 Å². The first-order valence-corrected chi connectivity index (χ1v) is 10.4. The van der Waals surface area contributed by atoms with Gasteiger partial charge < -0.3 is 16.0 Å². The van der Waals surface area contributed by atoms with Gasteiger partial charge in [0.15, 0.2) is 0 Å². The molecule has 0 unspecified atom stereocenters. The Labute approximate surface area is 175 Å². The summed E-state index contributed by atoms with van der Waals surface area (Å²) < 4.78 is 0. The third kappa shape index (κ3) is 4.93. The number of nitrogens with zero attached hydrogens (tertiary/aromatic N) is 2. The fourth-order valence-electron chi connectivity index (χ4n) is 3.92. The van der Waals surface area contributed by atoms with Gasteiger partial charge in [0.05, 0.1) is 5.52 Å². The Bertz CT molecular complexity index is 1090. The number of fused-ring (bicyclic) bond motifs is 1. The third-order valence-corrected chi connectivity index (χ3v) is 5.50. The van der Waals surface area contributed by atoms with Crippen molar-refractivity contribution in [2.45, 2.75) is 38.4 Å². The maximum atomic E-state index is 12.5. The maximum absolute atomic E-state index is 12.5. The van der Waals surface area contributed by atoms with E-state index in [1.54, 1.807) is 12.3 Å². The van der Waals surface area contributed by atoms with Crippen LogP contribution in [0.4, 0.5) is 0 Å². The van der Waals surface area contributed by atoms with E-state index in [0.717, 1.165) is 54.5 Å². The van der Waals surface area contributed by atoms with E-state index < -0.39 is 5.91 Å². The van der Waals surface area contributed by atoms with Crippen LogP contribution in [0.1, 0.15) is 40.9 Å². The van der Waals surface area contributed by atoms with Gasteiger partial charge in [-0.15, -0.1) is 0 Å². The smallest absolute Gasteiger partial charge is 0.261 e. The molecule has 3 aromatic rings. The number of H-pyrrole nitrogens is 1. The van der Waals surface area contributed by atoms with Gasteiger partial charge in [-0.1, -0.05) is 24.6 Å². The molecule has 1 amide bonds. The number of pyridine rings is 2. The highest BCUT2D eigenvalue weighted by atomic mass is 16.2. The van der Waals surface area contributed by atoms with Gasteiger partial charge in [-0.25, -0.2) is 0 Å². The fourth-order valence-corrected chi connectivity index (χ4v) is 3.92. The number of rotatable bonds is 5. The summed E-state index contributed by atoms with van der Waals surface area (Å²) in [7, 11) is 0. The Balaban J connectivity index is 1.39. The SMILES string of the molecule is N[C@@H]1CCCCN(Cc2ccc(C(=O)NCc3cnc4ccccc4c3)c(=O)[nH]2)C1. The first-order valence-electron chi connectivity index (χ1n) is 10.4. The van der Waals surface area contributed by atoms with Crippen molar-refractivity contribution in [2.75, 3.05) is 13.1 Å². The molecule has 1 aliphatic rings. The quantitative estimate of drug-likeness (QED) is 0.603. The number of hydrogen-bond acceptors (Lipinski definition) is 5. The summed E-state index contributed by atoms with van der Waals surface area (Å²) in [5.41, 5.74) is 8.44. The van der Waals surface area contributed by atoms with Gasteiger partial charge >= 0.3 is 0 Å². The van der Waals surface area contributed by atoms with E-state index in [0.29, 0.717) is 13.1 Å². The van der Waals surface area contributed by atoms with Gasteiger partial charge in [-0.2, -0.15) is 0 Å². The predicted octanol–water partition coefficient (Wildman–Crippen LogP) is 2.17. The molecular weight excluding hydrogens is 378 g/mol. The second-order valence-corrected chi connectivity index (χ2v) is 7.94. The topological polar surface area (TPSA) is 104 Å². The summed E-state index contributed by atoms with van der Waals surface area (Å²) in [5, 5.41) is 3.82. The Morgan fingerprint density at radius 3 is 2.97 bits per heavy atom. The van der Waals surface area contributed by atoms with Gasteiger partial charge in [0.2, 0.25) is 0 Å². The summed E-state index contributed by atoms with van der Waals surface area (Å²) in [5.74, 6) is -0.396. The second-order valence-electron chi connectivity index (χ2n) is 7.94. The third-order valence-electron chi connectivity index (χ3n) is 5.50. The highest BCUT2D eigenvalue weighted by Crippen LogP contribution is 2.13. The molecule has 156 valence electrons. The lowest BCUT2D eigenvalue weighted by Gasteiger charge is -2.22. The number of nitrogens with two attached hydrogens (primary N) is 1. The summed E-state index contributed by atoms with van der Waals surface area (Å²) in [6.07, 6.45) is 5.03. The van der Waals surface area contributed by atoms with Crippen LogP contribution in [0, 0.1) is 0 Å².